The molecular formula is C16H13NOS. The van der Waals surface area contributed by atoms with Crippen LogP contribution >= 0.6 is 11.3 Å². The van der Waals surface area contributed by atoms with E-state index >= 15 is 0 Å². The Hall–Kier alpha value is -2.13. The highest BCUT2D eigenvalue weighted by Gasteiger charge is 2.11. The molecule has 19 heavy (non-hydrogen) atoms. The van der Waals surface area contributed by atoms with Gasteiger partial charge in [0.15, 0.2) is 0 Å². The van der Waals surface area contributed by atoms with Crippen LogP contribution in [0.25, 0.3) is 21.2 Å². The Labute approximate surface area is 115 Å². The summed E-state index contributed by atoms with van der Waals surface area (Å²) in [4.78, 5) is 13.1. The molecule has 0 saturated carbocycles. The monoisotopic (exact) mass is 267 g/mol. The van der Waals surface area contributed by atoms with E-state index in [0.29, 0.717) is 0 Å². The van der Waals surface area contributed by atoms with Crippen molar-refractivity contribution in [2.45, 2.75) is 0 Å². The molecule has 0 spiro atoms. The molecule has 0 bridgehead atoms. The topological polar surface area (TPSA) is 29.1 Å². The summed E-state index contributed by atoms with van der Waals surface area (Å²) in [5, 5.41) is 6.87. The molecule has 2 nitrogen and oxygen atoms in total. The van der Waals surface area contributed by atoms with Crippen molar-refractivity contribution in [1.29, 1.82) is 0 Å². The van der Waals surface area contributed by atoms with Crippen LogP contribution in [0.15, 0.2) is 53.9 Å². The summed E-state index contributed by atoms with van der Waals surface area (Å²) in [5.74, 6) is -0.0473. The third-order valence-electron chi connectivity index (χ3n) is 3.18. The molecular weight excluding hydrogens is 254 g/mol. The minimum absolute atomic E-state index is 0.0473. The Bertz CT molecular complexity index is 732. The first-order valence-corrected chi connectivity index (χ1v) is 6.97. The SMILES string of the molecule is CNC(=O)c1cccc2c(-c3cccs3)cccc12. The van der Waals surface area contributed by atoms with Gasteiger partial charge in [-0.1, -0.05) is 36.4 Å². The second kappa shape index (κ2) is 4.86. The zero-order valence-electron chi connectivity index (χ0n) is 10.5. The van der Waals surface area contributed by atoms with Gasteiger partial charge in [0.25, 0.3) is 5.91 Å². The number of thiophene rings is 1. The molecule has 0 aliphatic carbocycles. The van der Waals surface area contributed by atoms with Crippen molar-refractivity contribution in [2.75, 3.05) is 7.05 Å². The van der Waals surface area contributed by atoms with Gasteiger partial charge in [-0.15, -0.1) is 11.3 Å². The molecule has 0 saturated heterocycles. The van der Waals surface area contributed by atoms with E-state index in [1.54, 1.807) is 18.4 Å². The van der Waals surface area contributed by atoms with Crippen LogP contribution in [0.2, 0.25) is 0 Å². The maximum atomic E-state index is 11.9. The summed E-state index contributed by atoms with van der Waals surface area (Å²) in [5.41, 5.74) is 1.90. The Morgan fingerprint density at radius 1 is 1.00 bits per heavy atom. The normalized spacial score (nSPS) is 10.6. The Morgan fingerprint density at radius 2 is 1.79 bits per heavy atom. The van der Waals surface area contributed by atoms with Gasteiger partial charge in [-0.05, 0) is 33.8 Å². The smallest absolute Gasteiger partial charge is 0.251 e. The Balaban J connectivity index is 2.30. The maximum Gasteiger partial charge on any atom is 0.251 e. The largest absolute Gasteiger partial charge is 0.355 e. The third kappa shape index (κ3) is 2.02. The lowest BCUT2D eigenvalue weighted by atomic mass is 9.99. The summed E-state index contributed by atoms with van der Waals surface area (Å²) in [6.45, 7) is 0. The summed E-state index contributed by atoms with van der Waals surface area (Å²) in [7, 11) is 1.66. The molecule has 1 amide bonds. The zero-order valence-corrected chi connectivity index (χ0v) is 11.3. The highest BCUT2D eigenvalue weighted by atomic mass is 32.1. The van der Waals surface area contributed by atoms with Crippen LogP contribution in [0.4, 0.5) is 0 Å². The van der Waals surface area contributed by atoms with Gasteiger partial charge in [0.1, 0.15) is 0 Å². The highest BCUT2D eigenvalue weighted by Crippen LogP contribution is 2.32. The van der Waals surface area contributed by atoms with Crippen LogP contribution in [0.1, 0.15) is 10.4 Å². The van der Waals surface area contributed by atoms with Gasteiger partial charge in [-0.2, -0.15) is 0 Å². The van der Waals surface area contributed by atoms with E-state index in [2.05, 4.69) is 28.9 Å². The fourth-order valence-electron chi connectivity index (χ4n) is 2.29. The lowest BCUT2D eigenvalue weighted by molar-refractivity contribution is 0.0965. The van der Waals surface area contributed by atoms with E-state index in [-0.39, 0.29) is 5.91 Å². The molecule has 0 aliphatic heterocycles. The van der Waals surface area contributed by atoms with E-state index in [1.165, 1.54) is 10.4 Å². The van der Waals surface area contributed by atoms with Gasteiger partial charge in [0, 0.05) is 17.5 Å². The lowest BCUT2D eigenvalue weighted by Crippen LogP contribution is -2.17. The number of carbonyl (C=O) groups is 1. The first kappa shape index (κ1) is 11.9. The second-order valence-corrected chi connectivity index (χ2v) is 5.21. The predicted octanol–water partition coefficient (Wildman–Crippen LogP) is 3.93. The molecule has 1 heterocycles. The highest BCUT2D eigenvalue weighted by molar-refractivity contribution is 7.13. The number of benzene rings is 2. The van der Waals surface area contributed by atoms with E-state index < -0.39 is 0 Å². The summed E-state index contributed by atoms with van der Waals surface area (Å²) in [6.07, 6.45) is 0. The van der Waals surface area contributed by atoms with Crippen LogP contribution in [0, 0.1) is 0 Å². The quantitative estimate of drug-likeness (QED) is 0.749. The van der Waals surface area contributed by atoms with E-state index in [0.717, 1.165) is 16.3 Å². The number of rotatable bonds is 2. The van der Waals surface area contributed by atoms with Gasteiger partial charge in [0.05, 0.1) is 0 Å². The Kier molecular flexibility index (Phi) is 3.05. The first-order chi connectivity index (χ1) is 9.31. The molecule has 0 atom stereocenters. The van der Waals surface area contributed by atoms with Crippen molar-refractivity contribution in [1.82, 2.24) is 5.32 Å². The summed E-state index contributed by atoms with van der Waals surface area (Å²) in [6, 6.07) is 16.1. The molecule has 0 unspecified atom stereocenters. The standard InChI is InChI=1S/C16H13NOS/c1-17-16(18)14-8-3-5-11-12(14)6-2-7-13(11)15-9-4-10-19-15/h2-10H,1H3,(H,17,18). The number of fused-ring (bicyclic) bond motifs is 1. The molecule has 3 aromatic rings. The molecule has 3 heteroatoms. The molecule has 94 valence electrons. The van der Waals surface area contributed by atoms with Crippen molar-refractivity contribution >= 4 is 28.0 Å². The van der Waals surface area contributed by atoms with Gasteiger partial charge in [-0.25, -0.2) is 0 Å². The van der Waals surface area contributed by atoms with Crippen molar-refractivity contribution < 1.29 is 4.79 Å². The fourth-order valence-corrected chi connectivity index (χ4v) is 3.06. The van der Waals surface area contributed by atoms with Crippen LogP contribution in [0.5, 0.6) is 0 Å². The van der Waals surface area contributed by atoms with Crippen molar-refractivity contribution in [3.8, 4) is 10.4 Å². The van der Waals surface area contributed by atoms with E-state index in [1.807, 2.05) is 30.3 Å². The third-order valence-corrected chi connectivity index (χ3v) is 4.08. The van der Waals surface area contributed by atoms with Crippen LogP contribution in [-0.4, -0.2) is 13.0 Å². The maximum absolute atomic E-state index is 11.9. The van der Waals surface area contributed by atoms with Crippen LogP contribution < -0.4 is 5.32 Å². The molecule has 2 aromatic carbocycles. The summed E-state index contributed by atoms with van der Waals surface area (Å²) >= 11 is 1.71. The number of hydrogen-bond donors (Lipinski definition) is 1. The van der Waals surface area contributed by atoms with Crippen LogP contribution in [-0.2, 0) is 0 Å². The molecule has 0 fully saturated rings. The Morgan fingerprint density at radius 3 is 2.53 bits per heavy atom. The van der Waals surface area contributed by atoms with Gasteiger partial charge < -0.3 is 5.32 Å². The zero-order chi connectivity index (χ0) is 13.2. The minimum Gasteiger partial charge on any atom is -0.355 e. The van der Waals surface area contributed by atoms with Gasteiger partial charge in [0.2, 0.25) is 0 Å². The van der Waals surface area contributed by atoms with Crippen molar-refractivity contribution in [3.63, 3.8) is 0 Å². The van der Waals surface area contributed by atoms with Crippen molar-refractivity contribution in [2.24, 2.45) is 0 Å². The van der Waals surface area contributed by atoms with Gasteiger partial charge in [-0.3, -0.25) is 4.79 Å². The molecule has 3 rings (SSSR count). The number of hydrogen-bond acceptors (Lipinski definition) is 2. The summed E-state index contributed by atoms with van der Waals surface area (Å²) < 4.78 is 0. The molecule has 0 aliphatic rings. The average Bonchev–Trinajstić information content (AvgIpc) is 2.99. The van der Waals surface area contributed by atoms with E-state index in [9.17, 15) is 4.79 Å². The lowest BCUT2D eigenvalue weighted by Gasteiger charge is -2.08. The molecule has 0 radical (unpaired) electrons. The van der Waals surface area contributed by atoms with E-state index in [4.69, 9.17) is 0 Å². The van der Waals surface area contributed by atoms with Crippen molar-refractivity contribution in [3.05, 3.63) is 59.5 Å². The first-order valence-electron chi connectivity index (χ1n) is 6.09. The predicted molar refractivity (Wildman–Crippen MR) is 80.7 cm³/mol. The number of nitrogens with one attached hydrogen (secondary N) is 1. The molecule has 1 aromatic heterocycles. The minimum atomic E-state index is -0.0473. The van der Waals surface area contributed by atoms with Gasteiger partial charge >= 0.3 is 0 Å². The molecule has 1 N–H and O–H groups in total. The number of amides is 1. The fraction of sp³-hybridized carbons (Fsp3) is 0.0625. The second-order valence-electron chi connectivity index (χ2n) is 4.26. The van der Waals surface area contributed by atoms with Crippen LogP contribution in [0.3, 0.4) is 0 Å². The average molecular weight is 267 g/mol. The number of carbonyl (C=O) groups excluding carboxylic acids is 1.